The molecule has 7 heteroatoms. The van der Waals surface area contributed by atoms with Crippen molar-refractivity contribution in [2.75, 3.05) is 39.3 Å². The quantitative estimate of drug-likeness (QED) is 0.646. The minimum atomic E-state index is -1.29. The molecule has 1 aliphatic carbocycles. The number of piperazine rings is 1. The molecule has 0 spiro atoms. The van der Waals surface area contributed by atoms with Crippen molar-refractivity contribution >= 4 is 16.9 Å². The third-order valence-corrected chi connectivity index (χ3v) is 7.80. The molecule has 3 aliphatic rings. The fraction of sp³-hybridized carbons (Fsp3) is 0.500. The molecule has 2 fully saturated rings. The van der Waals surface area contributed by atoms with E-state index >= 15 is 0 Å². The van der Waals surface area contributed by atoms with Gasteiger partial charge >= 0.3 is 0 Å². The Bertz CT molecular complexity index is 969. The van der Waals surface area contributed by atoms with Crippen LogP contribution >= 0.6 is 0 Å². The molecule has 0 bridgehead atoms. The van der Waals surface area contributed by atoms with Crippen molar-refractivity contribution in [3.8, 4) is 11.1 Å². The Morgan fingerprint density at radius 1 is 0.970 bits per heavy atom. The van der Waals surface area contributed by atoms with E-state index < -0.39 is 11.0 Å². The standard InChI is InChI=1S/C23H27FN4OS.C3H8/c24-20-4-1-3-19(17-20)18-7-9-22(10-8-18)30(29)28-12-11-25-23(28)27-15-13-26(14-16-27)21-5-2-6-21;1-3-2/h1,3-4,7-10,17,21H,2,5-6,11-16H2;3H2,1-2H3. The average Bonchev–Trinajstić information content (AvgIpc) is 3.29. The fourth-order valence-corrected chi connectivity index (χ4v) is 5.62. The van der Waals surface area contributed by atoms with Crippen LogP contribution in [0.25, 0.3) is 11.1 Å². The van der Waals surface area contributed by atoms with Crippen molar-refractivity contribution in [3.05, 3.63) is 54.3 Å². The minimum Gasteiger partial charge on any atom is -0.339 e. The number of nitrogens with zero attached hydrogens (tertiary/aromatic N) is 4. The zero-order chi connectivity index (χ0) is 23.2. The third-order valence-electron chi connectivity index (χ3n) is 6.38. The van der Waals surface area contributed by atoms with E-state index in [0.717, 1.165) is 54.2 Å². The van der Waals surface area contributed by atoms with Gasteiger partial charge in [0, 0.05) is 32.2 Å². The summed E-state index contributed by atoms with van der Waals surface area (Å²) in [6.45, 7) is 9.63. The maximum atomic E-state index is 13.5. The molecule has 0 aromatic heterocycles. The fourth-order valence-electron chi connectivity index (χ4n) is 4.43. The zero-order valence-electron chi connectivity index (χ0n) is 19.8. The molecule has 33 heavy (non-hydrogen) atoms. The highest BCUT2D eigenvalue weighted by Crippen LogP contribution is 2.27. The van der Waals surface area contributed by atoms with Gasteiger partial charge in [-0.05, 0) is 48.2 Å². The summed E-state index contributed by atoms with van der Waals surface area (Å²) in [5.41, 5.74) is 1.73. The summed E-state index contributed by atoms with van der Waals surface area (Å²) in [5.74, 6) is 0.617. The number of guanidine groups is 1. The van der Waals surface area contributed by atoms with Crippen LogP contribution in [-0.2, 0) is 11.0 Å². The largest absolute Gasteiger partial charge is 0.339 e. The molecule has 2 aliphatic heterocycles. The van der Waals surface area contributed by atoms with Crippen molar-refractivity contribution in [2.24, 2.45) is 4.99 Å². The first-order valence-electron chi connectivity index (χ1n) is 12.2. The van der Waals surface area contributed by atoms with E-state index in [9.17, 15) is 8.60 Å². The molecular formula is C26H35FN4OS. The normalized spacial score (nSPS) is 20.0. The van der Waals surface area contributed by atoms with Gasteiger partial charge in [0.2, 0.25) is 5.96 Å². The smallest absolute Gasteiger partial charge is 0.209 e. The van der Waals surface area contributed by atoms with Gasteiger partial charge in [-0.2, -0.15) is 0 Å². The minimum absolute atomic E-state index is 0.254. The Morgan fingerprint density at radius 2 is 1.67 bits per heavy atom. The van der Waals surface area contributed by atoms with Crippen molar-refractivity contribution in [1.82, 2.24) is 14.1 Å². The van der Waals surface area contributed by atoms with E-state index in [1.807, 2.05) is 34.6 Å². The van der Waals surface area contributed by atoms with Crippen LogP contribution in [0.5, 0.6) is 0 Å². The maximum Gasteiger partial charge on any atom is 0.209 e. The van der Waals surface area contributed by atoms with E-state index in [1.165, 1.54) is 37.8 Å². The van der Waals surface area contributed by atoms with E-state index in [1.54, 1.807) is 6.07 Å². The van der Waals surface area contributed by atoms with Crippen LogP contribution in [0, 0.1) is 5.82 Å². The van der Waals surface area contributed by atoms with Gasteiger partial charge in [0.1, 0.15) is 5.82 Å². The maximum absolute atomic E-state index is 13.5. The van der Waals surface area contributed by atoms with Crippen LogP contribution in [-0.4, -0.2) is 69.6 Å². The van der Waals surface area contributed by atoms with Gasteiger partial charge in [-0.3, -0.25) is 14.2 Å². The summed E-state index contributed by atoms with van der Waals surface area (Å²) < 4.78 is 28.7. The van der Waals surface area contributed by atoms with Crippen molar-refractivity contribution in [3.63, 3.8) is 0 Å². The van der Waals surface area contributed by atoms with Crippen LogP contribution in [0.2, 0.25) is 0 Å². The van der Waals surface area contributed by atoms with Crippen LogP contribution in [0.4, 0.5) is 4.39 Å². The van der Waals surface area contributed by atoms with Crippen LogP contribution in [0.3, 0.4) is 0 Å². The molecule has 1 unspecified atom stereocenters. The second-order valence-corrected chi connectivity index (χ2v) is 10.3. The van der Waals surface area contributed by atoms with Crippen LogP contribution < -0.4 is 0 Å². The van der Waals surface area contributed by atoms with Gasteiger partial charge in [0.05, 0.1) is 18.0 Å². The number of hydrogen-bond donors (Lipinski definition) is 0. The van der Waals surface area contributed by atoms with Crippen molar-refractivity contribution < 1.29 is 8.60 Å². The summed E-state index contributed by atoms with van der Waals surface area (Å²) >= 11 is 0. The molecule has 0 amide bonds. The Labute approximate surface area is 199 Å². The molecule has 1 atom stereocenters. The highest BCUT2D eigenvalue weighted by molar-refractivity contribution is 7.83. The van der Waals surface area contributed by atoms with Crippen LogP contribution in [0.15, 0.2) is 58.4 Å². The summed E-state index contributed by atoms with van der Waals surface area (Å²) in [4.78, 5) is 10.3. The number of aliphatic imine (C=N–C) groups is 1. The lowest BCUT2D eigenvalue weighted by Crippen LogP contribution is -2.55. The molecule has 0 radical (unpaired) electrons. The molecule has 2 heterocycles. The molecular weight excluding hydrogens is 435 g/mol. The summed E-state index contributed by atoms with van der Waals surface area (Å²) in [6, 6.07) is 14.9. The van der Waals surface area contributed by atoms with Gasteiger partial charge in [-0.25, -0.2) is 8.60 Å². The highest BCUT2D eigenvalue weighted by atomic mass is 32.2. The summed E-state index contributed by atoms with van der Waals surface area (Å²) in [7, 11) is -1.29. The number of rotatable bonds is 4. The second kappa shape index (κ2) is 11.3. The number of hydrogen-bond acceptors (Lipinski definition) is 4. The third kappa shape index (κ3) is 5.64. The molecule has 2 aromatic carbocycles. The second-order valence-electron chi connectivity index (χ2n) is 8.88. The van der Waals surface area contributed by atoms with Gasteiger partial charge in [-0.1, -0.05) is 51.0 Å². The molecule has 178 valence electrons. The van der Waals surface area contributed by atoms with Crippen LogP contribution in [0.1, 0.15) is 39.5 Å². The van der Waals surface area contributed by atoms with E-state index in [4.69, 9.17) is 0 Å². The lowest BCUT2D eigenvalue weighted by Gasteiger charge is -2.44. The van der Waals surface area contributed by atoms with Gasteiger partial charge in [0.15, 0.2) is 11.0 Å². The SMILES string of the molecule is CCC.O=S(c1ccc(-c2cccc(F)c2)cc1)N1CCN=C1N1CCN(C2CCC2)CC1. The monoisotopic (exact) mass is 470 g/mol. The molecule has 2 aromatic rings. The molecule has 1 saturated heterocycles. The number of benzene rings is 2. The van der Waals surface area contributed by atoms with E-state index in [2.05, 4.69) is 28.6 Å². The topological polar surface area (TPSA) is 39.2 Å². The van der Waals surface area contributed by atoms with Gasteiger partial charge in [0.25, 0.3) is 0 Å². The predicted molar refractivity (Wildman–Crippen MR) is 134 cm³/mol. The molecule has 5 rings (SSSR count). The summed E-state index contributed by atoms with van der Waals surface area (Å²) in [6.07, 6.45) is 5.29. The highest BCUT2D eigenvalue weighted by Gasteiger charge is 2.33. The van der Waals surface area contributed by atoms with Gasteiger partial charge in [-0.15, -0.1) is 0 Å². The first-order chi connectivity index (χ1) is 16.1. The summed E-state index contributed by atoms with van der Waals surface area (Å²) in [5, 5.41) is 0. The first kappa shape index (κ1) is 23.9. The van der Waals surface area contributed by atoms with Crippen molar-refractivity contribution in [1.29, 1.82) is 0 Å². The zero-order valence-corrected chi connectivity index (χ0v) is 20.6. The Hall–Kier alpha value is -2.25. The molecule has 1 saturated carbocycles. The van der Waals surface area contributed by atoms with Gasteiger partial charge < -0.3 is 4.90 Å². The van der Waals surface area contributed by atoms with E-state index in [0.29, 0.717) is 13.1 Å². The Morgan fingerprint density at radius 3 is 2.27 bits per heavy atom. The first-order valence-corrected chi connectivity index (χ1v) is 13.3. The van der Waals surface area contributed by atoms with Crippen molar-refractivity contribution in [2.45, 2.75) is 50.5 Å². The Kier molecular flexibility index (Phi) is 8.15. The predicted octanol–water partition coefficient (Wildman–Crippen LogP) is 4.77. The Balaban J connectivity index is 0.000000821. The molecule has 0 N–H and O–H groups in total. The van der Waals surface area contributed by atoms with E-state index in [-0.39, 0.29) is 5.82 Å². The molecule has 5 nitrogen and oxygen atoms in total. The average molecular weight is 471 g/mol. The lowest BCUT2D eigenvalue weighted by molar-refractivity contribution is 0.0834. The number of halogens is 1. The lowest BCUT2D eigenvalue weighted by atomic mass is 9.91.